The molecule has 0 aliphatic carbocycles. The molecule has 0 saturated carbocycles. The highest BCUT2D eigenvalue weighted by Gasteiger charge is 2.30. The second-order valence-electron chi connectivity index (χ2n) is 3.00. The molecule has 0 saturated heterocycles. The van der Waals surface area contributed by atoms with Crippen molar-refractivity contribution >= 4 is 29.7 Å². The van der Waals surface area contributed by atoms with Gasteiger partial charge in [-0.25, -0.2) is 4.79 Å². The van der Waals surface area contributed by atoms with Crippen molar-refractivity contribution in [2.24, 2.45) is 0 Å². The van der Waals surface area contributed by atoms with Gasteiger partial charge < -0.3 is 4.74 Å². The predicted octanol–water partition coefficient (Wildman–Crippen LogP) is -1.12. The van der Waals surface area contributed by atoms with Gasteiger partial charge in [0.25, 0.3) is 23.6 Å². The molecule has 94 valence electrons. The first-order chi connectivity index (χ1) is 8.45. The Hall–Kier alpha value is -2.77. The number of imide groups is 4. The first-order valence-corrected chi connectivity index (χ1v) is 4.63. The molecule has 5 amide bonds. The molecule has 0 bridgehead atoms. The second-order valence-corrected chi connectivity index (χ2v) is 3.00. The summed E-state index contributed by atoms with van der Waals surface area (Å²) >= 11 is 0. The fourth-order valence-corrected chi connectivity index (χ4v) is 1.03. The molecule has 2 heterocycles. The van der Waals surface area contributed by atoms with Gasteiger partial charge >= 0.3 is 6.09 Å². The number of carbonyl (C=O) groups excluding carboxylic acids is 5. The summed E-state index contributed by atoms with van der Waals surface area (Å²) in [4.78, 5) is 52.5. The Morgan fingerprint density at radius 2 is 1.44 bits per heavy atom. The zero-order chi connectivity index (χ0) is 13.7. The van der Waals surface area contributed by atoms with Crippen LogP contribution in [0.3, 0.4) is 0 Å². The lowest BCUT2D eigenvalue weighted by atomic mass is 10.6. The minimum absolute atomic E-state index is 0.329. The van der Waals surface area contributed by atoms with E-state index in [9.17, 15) is 24.0 Å². The molecule has 2 aliphatic rings. The van der Waals surface area contributed by atoms with Gasteiger partial charge in [-0.1, -0.05) is 0 Å². The molecule has 0 aromatic rings. The number of amides is 5. The third-order valence-corrected chi connectivity index (χ3v) is 1.80. The summed E-state index contributed by atoms with van der Waals surface area (Å²) in [5, 5.41) is 2.03. The Morgan fingerprint density at radius 3 is 1.72 bits per heavy atom. The van der Waals surface area contributed by atoms with Crippen LogP contribution in [0.25, 0.3) is 0 Å². The number of nitrogens with zero attached hydrogens (tertiary/aromatic N) is 1. The maximum Gasteiger partial charge on any atom is 0.423 e. The van der Waals surface area contributed by atoms with Gasteiger partial charge in [-0.2, -0.15) is 4.90 Å². The van der Waals surface area contributed by atoms with Crippen molar-refractivity contribution in [2.45, 2.75) is 0 Å². The standard InChI is InChI=1S/C6H5NO4.C4H3NO2/c1-11-6(10)7-4(8)2-3-5(7)9;6-3-1-2-4(7)5-3/h2-3H,1H3;1-2H,(H,5,6,7). The first-order valence-electron chi connectivity index (χ1n) is 4.63. The van der Waals surface area contributed by atoms with Crippen LogP contribution in [-0.2, 0) is 23.9 Å². The minimum Gasteiger partial charge on any atom is -0.452 e. The topological polar surface area (TPSA) is 110 Å². The molecule has 0 unspecified atom stereocenters. The average molecular weight is 252 g/mol. The van der Waals surface area contributed by atoms with Crippen LogP contribution in [0.2, 0.25) is 0 Å². The molecule has 8 nitrogen and oxygen atoms in total. The Labute approximate surface area is 101 Å². The van der Waals surface area contributed by atoms with E-state index in [0.29, 0.717) is 4.90 Å². The van der Waals surface area contributed by atoms with E-state index in [1.807, 2.05) is 5.32 Å². The Morgan fingerprint density at radius 1 is 1.00 bits per heavy atom. The number of rotatable bonds is 0. The van der Waals surface area contributed by atoms with Crippen LogP contribution in [0.5, 0.6) is 0 Å². The third kappa shape index (κ3) is 3.11. The highest BCUT2D eigenvalue weighted by atomic mass is 16.5. The van der Waals surface area contributed by atoms with Gasteiger partial charge in [-0.3, -0.25) is 24.5 Å². The Balaban J connectivity index is 0.000000199. The molecule has 0 radical (unpaired) electrons. The quantitative estimate of drug-likeness (QED) is 0.546. The van der Waals surface area contributed by atoms with Crippen LogP contribution in [-0.4, -0.2) is 41.7 Å². The number of hydrogen-bond donors (Lipinski definition) is 1. The zero-order valence-electron chi connectivity index (χ0n) is 9.21. The molecular formula is C10H8N2O6. The van der Waals surface area contributed by atoms with Crippen molar-refractivity contribution in [3.63, 3.8) is 0 Å². The molecule has 18 heavy (non-hydrogen) atoms. The summed E-state index contributed by atoms with van der Waals surface area (Å²) in [5.74, 6) is -1.99. The van der Waals surface area contributed by atoms with E-state index in [2.05, 4.69) is 4.74 Å². The molecule has 2 aliphatic heterocycles. The van der Waals surface area contributed by atoms with Crippen LogP contribution in [0.15, 0.2) is 24.3 Å². The molecule has 8 heteroatoms. The third-order valence-electron chi connectivity index (χ3n) is 1.80. The molecule has 0 atom stereocenters. The van der Waals surface area contributed by atoms with Crippen molar-refractivity contribution in [1.82, 2.24) is 10.2 Å². The van der Waals surface area contributed by atoms with Gasteiger partial charge in [0.2, 0.25) is 0 Å². The van der Waals surface area contributed by atoms with E-state index < -0.39 is 17.9 Å². The zero-order valence-corrected chi connectivity index (χ0v) is 9.21. The summed E-state index contributed by atoms with van der Waals surface area (Å²) in [7, 11) is 1.10. The first kappa shape index (κ1) is 13.3. The summed E-state index contributed by atoms with van der Waals surface area (Å²) in [6.45, 7) is 0. The monoisotopic (exact) mass is 252 g/mol. The van der Waals surface area contributed by atoms with Gasteiger partial charge in [0.05, 0.1) is 7.11 Å². The SMILES string of the molecule is COC(=O)N1C(=O)C=CC1=O.O=C1C=CC(=O)N1. The number of nitrogens with one attached hydrogen (secondary N) is 1. The lowest BCUT2D eigenvalue weighted by Crippen LogP contribution is -2.35. The fourth-order valence-electron chi connectivity index (χ4n) is 1.03. The van der Waals surface area contributed by atoms with E-state index in [-0.39, 0.29) is 11.8 Å². The lowest BCUT2D eigenvalue weighted by molar-refractivity contribution is -0.134. The van der Waals surface area contributed by atoms with Gasteiger partial charge in [0.1, 0.15) is 0 Å². The molecule has 2 rings (SSSR count). The summed E-state index contributed by atoms with van der Waals surface area (Å²) < 4.78 is 4.18. The molecule has 0 spiro atoms. The molecule has 0 fully saturated rings. The average Bonchev–Trinajstić information content (AvgIpc) is 2.85. The number of hydrogen-bond acceptors (Lipinski definition) is 6. The minimum atomic E-state index is -0.954. The highest BCUT2D eigenvalue weighted by molar-refractivity contribution is 6.21. The number of carbonyl (C=O) groups is 5. The summed E-state index contributed by atoms with van der Waals surface area (Å²) in [5.41, 5.74) is 0. The van der Waals surface area contributed by atoms with Crippen molar-refractivity contribution in [1.29, 1.82) is 0 Å². The Bertz CT molecular complexity index is 457. The Kier molecular flexibility index (Phi) is 4.08. The molecular weight excluding hydrogens is 244 g/mol. The van der Waals surface area contributed by atoms with Crippen molar-refractivity contribution in [2.75, 3.05) is 7.11 Å². The normalized spacial score (nSPS) is 16.6. The molecule has 0 aromatic carbocycles. The maximum absolute atomic E-state index is 10.7. The van der Waals surface area contributed by atoms with Crippen LogP contribution < -0.4 is 5.32 Å². The van der Waals surface area contributed by atoms with E-state index in [4.69, 9.17) is 0 Å². The van der Waals surface area contributed by atoms with E-state index in [0.717, 1.165) is 19.3 Å². The van der Waals surface area contributed by atoms with Crippen molar-refractivity contribution in [3.05, 3.63) is 24.3 Å². The summed E-state index contributed by atoms with van der Waals surface area (Å²) in [6, 6.07) is 0. The van der Waals surface area contributed by atoms with Crippen LogP contribution in [0.4, 0.5) is 4.79 Å². The van der Waals surface area contributed by atoms with E-state index in [1.165, 1.54) is 12.2 Å². The largest absolute Gasteiger partial charge is 0.452 e. The molecule has 0 aromatic heterocycles. The van der Waals surface area contributed by atoms with Crippen molar-refractivity contribution < 1.29 is 28.7 Å². The van der Waals surface area contributed by atoms with Gasteiger partial charge in [0.15, 0.2) is 0 Å². The number of ether oxygens (including phenoxy) is 1. The van der Waals surface area contributed by atoms with Crippen LogP contribution in [0, 0.1) is 0 Å². The van der Waals surface area contributed by atoms with Gasteiger partial charge in [0, 0.05) is 24.3 Å². The lowest BCUT2D eigenvalue weighted by Gasteiger charge is -2.08. The van der Waals surface area contributed by atoms with Crippen LogP contribution in [0.1, 0.15) is 0 Å². The fraction of sp³-hybridized carbons (Fsp3) is 0.100. The van der Waals surface area contributed by atoms with Gasteiger partial charge in [-0.15, -0.1) is 0 Å². The maximum atomic E-state index is 10.7. The predicted molar refractivity (Wildman–Crippen MR) is 55.7 cm³/mol. The highest BCUT2D eigenvalue weighted by Crippen LogP contribution is 2.04. The van der Waals surface area contributed by atoms with E-state index >= 15 is 0 Å². The van der Waals surface area contributed by atoms with E-state index in [1.54, 1.807) is 0 Å². The number of methoxy groups -OCH3 is 1. The van der Waals surface area contributed by atoms with Gasteiger partial charge in [-0.05, 0) is 0 Å². The second kappa shape index (κ2) is 5.53. The smallest absolute Gasteiger partial charge is 0.423 e. The summed E-state index contributed by atoms with van der Waals surface area (Å²) in [6.07, 6.45) is 3.47. The van der Waals surface area contributed by atoms with Crippen molar-refractivity contribution in [3.8, 4) is 0 Å². The molecule has 1 N–H and O–H groups in total. The van der Waals surface area contributed by atoms with Crippen LogP contribution >= 0.6 is 0 Å².